The Morgan fingerprint density at radius 2 is 1.76 bits per heavy atom. The molecule has 3 aromatic rings. The van der Waals surface area contributed by atoms with Crippen molar-refractivity contribution in [2.75, 3.05) is 36.4 Å². The first-order valence-electron chi connectivity index (χ1n) is 9.85. The van der Waals surface area contributed by atoms with E-state index >= 15 is 0 Å². The van der Waals surface area contributed by atoms with Crippen LogP contribution in [-0.4, -0.2) is 58.0 Å². The first kappa shape index (κ1) is 18.1. The van der Waals surface area contributed by atoms with Gasteiger partial charge in [-0.05, 0) is 43.2 Å². The van der Waals surface area contributed by atoms with E-state index in [2.05, 4.69) is 15.2 Å². The lowest BCUT2D eigenvalue weighted by atomic mass is 10.2. The summed E-state index contributed by atoms with van der Waals surface area (Å²) in [5.74, 6) is 1.70. The highest BCUT2D eigenvalue weighted by Crippen LogP contribution is 2.31. The third-order valence-corrected chi connectivity index (χ3v) is 5.58. The number of aromatic nitrogens is 3. The topological polar surface area (TPSA) is 74.2 Å². The van der Waals surface area contributed by atoms with E-state index in [0.717, 1.165) is 22.7 Å². The van der Waals surface area contributed by atoms with E-state index in [0.29, 0.717) is 42.8 Å². The Bertz CT molecular complexity index is 1040. The van der Waals surface area contributed by atoms with Gasteiger partial charge >= 0.3 is 0 Å². The van der Waals surface area contributed by atoms with Crippen molar-refractivity contribution in [1.29, 1.82) is 0 Å². The predicted octanol–water partition coefficient (Wildman–Crippen LogP) is 3.21. The monoisotopic (exact) mass is 408 g/mol. The lowest BCUT2D eigenvalue weighted by molar-refractivity contribution is 0.0746. The molecule has 2 aromatic heterocycles. The van der Waals surface area contributed by atoms with Crippen LogP contribution in [0.2, 0.25) is 5.02 Å². The number of pyridine rings is 1. The molecule has 1 aliphatic carbocycles. The fourth-order valence-electron chi connectivity index (χ4n) is 3.53. The van der Waals surface area contributed by atoms with Crippen LogP contribution < -0.4 is 10.2 Å². The van der Waals surface area contributed by atoms with Gasteiger partial charge in [0.1, 0.15) is 5.52 Å². The summed E-state index contributed by atoms with van der Waals surface area (Å²) in [5, 5.41) is 4.14. The first-order valence-corrected chi connectivity index (χ1v) is 10.2. The number of amides is 1. The molecule has 0 spiro atoms. The lowest BCUT2D eigenvalue weighted by Gasteiger charge is -2.36. The average Bonchev–Trinajstić information content (AvgIpc) is 3.57. The molecule has 7 nitrogen and oxygen atoms in total. The van der Waals surface area contributed by atoms with E-state index in [4.69, 9.17) is 21.6 Å². The summed E-state index contributed by atoms with van der Waals surface area (Å²) in [7, 11) is 0. The number of anilines is 2. The van der Waals surface area contributed by atoms with Crippen LogP contribution in [0.15, 0.2) is 42.7 Å². The molecule has 1 aromatic carbocycles. The van der Waals surface area contributed by atoms with Crippen LogP contribution in [0.3, 0.4) is 0 Å². The predicted molar refractivity (Wildman–Crippen MR) is 114 cm³/mol. The molecule has 1 saturated carbocycles. The minimum Gasteiger partial charge on any atom is -0.364 e. The van der Waals surface area contributed by atoms with Gasteiger partial charge in [0.25, 0.3) is 5.91 Å². The van der Waals surface area contributed by atoms with Gasteiger partial charge in [-0.1, -0.05) is 11.6 Å². The number of hydrogen-bond donors (Lipinski definition) is 1. The SMILES string of the molecule is O=C(c1ccc(Cl)cc1)N1CCN(c2nc3cnccc3nc2NC2CC2)CC1. The Labute approximate surface area is 173 Å². The number of hydrogen-bond acceptors (Lipinski definition) is 6. The summed E-state index contributed by atoms with van der Waals surface area (Å²) >= 11 is 5.93. The quantitative estimate of drug-likeness (QED) is 0.714. The number of carbonyl (C=O) groups excluding carboxylic acids is 1. The van der Waals surface area contributed by atoms with Gasteiger partial charge in [-0.2, -0.15) is 0 Å². The average molecular weight is 409 g/mol. The number of nitrogens with zero attached hydrogens (tertiary/aromatic N) is 5. The van der Waals surface area contributed by atoms with Crippen molar-refractivity contribution in [2.45, 2.75) is 18.9 Å². The van der Waals surface area contributed by atoms with Gasteiger partial charge in [-0.3, -0.25) is 9.78 Å². The van der Waals surface area contributed by atoms with Gasteiger partial charge < -0.3 is 15.1 Å². The summed E-state index contributed by atoms with van der Waals surface area (Å²) in [6.45, 7) is 2.69. The van der Waals surface area contributed by atoms with Crippen LogP contribution in [-0.2, 0) is 0 Å². The van der Waals surface area contributed by atoms with Gasteiger partial charge in [-0.25, -0.2) is 9.97 Å². The third-order valence-electron chi connectivity index (χ3n) is 5.32. The van der Waals surface area contributed by atoms with Crippen LogP contribution in [0.1, 0.15) is 23.2 Å². The molecule has 1 N–H and O–H groups in total. The maximum absolute atomic E-state index is 12.8. The Hall–Kier alpha value is -2.93. The van der Waals surface area contributed by atoms with E-state index in [9.17, 15) is 4.79 Å². The number of piperazine rings is 1. The van der Waals surface area contributed by atoms with Crippen molar-refractivity contribution in [3.8, 4) is 0 Å². The molecule has 0 atom stereocenters. The second-order valence-corrected chi connectivity index (χ2v) is 7.90. The molecule has 1 saturated heterocycles. The number of benzene rings is 1. The van der Waals surface area contributed by atoms with Crippen LogP contribution in [0.25, 0.3) is 11.0 Å². The summed E-state index contributed by atoms with van der Waals surface area (Å²) in [6.07, 6.45) is 5.81. The summed E-state index contributed by atoms with van der Waals surface area (Å²) in [6, 6.07) is 9.41. The van der Waals surface area contributed by atoms with E-state index in [-0.39, 0.29) is 5.91 Å². The lowest BCUT2D eigenvalue weighted by Crippen LogP contribution is -2.49. The zero-order chi connectivity index (χ0) is 19.8. The molecule has 0 radical (unpaired) electrons. The molecular weight excluding hydrogens is 388 g/mol. The number of nitrogens with one attached hydrogen (secondary N) is 1. The highest BCUT2D eigenvalue weighted by Gasteiger charge is 2.28. The van der Waals surface area contributed by atoms with Crippen molar-refractivity contribution in [3.63, 3.8) is 0 Å². The number of fused-ring (bicyclic) bond motifs is 1. The molecule has 1 aliphatic heterocycles. The second-order valence-electron chi connectivity index (χ2n) is 7.46. The Morgan fingerprint density at radius 1 is 1.00 bits per heavy atom. The van der Waals surface area contributed by atoms with Crippen LogP contribution in [0, 0.1) is 0 Å². The summed E-state index contributed by atoms with van der Waals surface area (Å²) in [4.78, 5) is 30.7. The van der Waals surface area contributed by atoms with Gasteiger partial charge in [-0.15, -0.1) is 0 Å². The van der Waals surface area contributed by atoms with E-state index in [1.165, 1.54) is 12.8 Å². The zero-order valence-corrected chi connectivity index (χ0v) is 16.6. The molecule has 2 fully saturated rings. The van der Waals surface area contributed by atoms with E-state index in [1.54, 1.807) is 36.7 Å². The van der Waals surface area contributed by atoms with Crippen molar-refractivity contribution >= 4 is 40.2 Å². The second kappa shape index (κ2) is 7.48. The number of halogens is 1. The fraction of sp³-hybridized carbons (Fsp3) is 0.333. The molecule has 2 aliphatic rings. The Kier molecular flexibility index (Phi) is 4.67. The van der Waals surface area contributed by atoms with Crippen LogP contribution in [0.5, 0.6) is 0 Å². The van der Waals surface area contributed by atoms with Gasteiger partial charge in [0.15, 0.2) is 11.6 Å². The molecule has 3 heterocycles. The van der Waals surface area contributed by atoms with Crippen molar-refractivity contribution in [3.05, 3.63) is 53.3 Å². The molecule has 148 valence electrons. The molecule has 1 amide bonds. The van der Waals surface area contributed by atoms with E-state index < -0.39 is 0 Å². The minimum atomic E-state index is 0.0337. The maximum Gasteiger partial charge on any atom is 0.253 e. The van der Waals surface area contributed by atoms with E-state index in [1.807, 2.05) is 11.0 Å². The first-order chi connectivity index (χ1) is 14.2. The van der Waals surface area contributed by atoms with Crippen LogP contribution in [0.4, 0.5) is 11.6 Å². The normalized spacial score (nSPS) is 16.9. The maximum atomic E-state index is 12.8. The van der Waals surface area contributed by atoms with Crippen LogP contribution >= 0.6 is 11.6 Å². The highest BCUT2D eigenvalue weighted by molar-refractivity contribution is 6.30. The smallest absolute Gasteiger partial charge is 0.253 e. The van der Waals surface area contributed by atoms with Gasteiger partial charge in [0, 0.05) is 49.0 Å². The van der Waals surface area contributed by atoms with Crippen molar-refractivity contribution in [1.82, 2.24) is 19.9 Å². The fourth-order valence-corrected chi connectivity index (χ4v) is 3.66. The van der Waals surface area contributed by atoms with Gasteiger partial charge in [0.05, 0.1) is 11.7 Å². The zero-order valence-electron chi connectivity index (χ0n) is 15.9. The molecule has 8 heteroatoms. The standard InChI is InChI=1S/C21H21ClN6O/c22-15-3-1-14(2-4-15)21(29)28-11-9-27(10-12-28)20-19(24-16-5-6-16)25-17-7-8-23-13-18(17)26-20/h1-4,7-8,13,16H,5-6,9-12H2,(H,24,25). The van der Waals surface area contributed by atoms with Gasteiger partial charge in [0.2, 0.25) is 0 Å². The summed E-state index contributed by atoms with van der Waals surface area (Å²) in [5.41, 5.74) is 2.28. The molecular formula is C21H21ClN6O. The van der Waals surface area contributed by atoms with Crippen molar-refractivity contribution < 1.29 is 4.79 Å². The Balaban J connectivity index is 1.35. The summed E-state index contributed by atoms with van der Waals surface area (Å²) < 4.78 is 0. The molecule has 5 rings (SSSR count). The highest BCUT2D eigenvalue weighted by atomic mass is 35.5. The minimum absolute atomic E-state index is 0.0337. The largest absolute Gasteiger partial charge is 0.364 e. The van der Waals surface area contributed by atoms with Crippen molar-refractivity contribution in [2.24, 2.45) is 0 Å². The number of carbonyl (C=O) groups is 1. The molecule has 29 heavy (non-hydrogen) atoms. The Morgan fingerprint density at radius 3 is 2.48 bits per heavy atom. The molecule has 0 unspecified atom stereocenters. The molecule has 0 bridgehead atoms. The third kappa shape index (κ3) is 3.82. The number of rotatable bonds is 4.